The van der Waals surface area contributed by atoms with Gasteiger partial charge in [0, 0.05) is 6.04 Å². The number of likely N-dealkylation sites (tertiary alicyclic amines) is 1. The van der Waals surface area contributed by atoms with Crippen molar-refractivity contribution in [1.29, 1.82) is 0 Å². The van der Waals surface area contributed by atoms with Crippen LogP contribution in [0.15, 0.2) is 24.3 Å². The van der Waals surface area contributed by atoms with Crippen LogP contribution in [0.4, 0.5) is 0 Å². The summed E-state index contributed by atoms with van der Waals surface area (Å²) in [6, 6.07) is 8.57. The zero-order chi connectivity index (χ0) is 16.9. The van der Waals surface area contributed by atoms with Crippen molar-refractivity contribution in [3.8, 4) is 0 Å². The van der Waals surface area contributed by atoms with Crippen molar-refractivity contribution in [3.63, 3.8) is 0 Å². The van der Waals surface area contributed by atoms with Crippen molar-refractivity contribution >= 4 is 16.9 Å². The van der Waals surface area contributed by atoms with Gasteiger partial charge in [0.15, 0.2) is 0 Å². The Labute approximate surface area is 149 Å². The number of carbonyl (C=O) groups is 1. The number of hydrogen-bond acceptors (Lipinski definition) is 2. The first-order valence-corrected chi connectivity index (χ1v) is 10.0. The van der Waals surface area contributed by atoms with Gasteiger partial charge < -0.3 is 9.88 Å². The van der Waals surface area contributed by atoms with Gasteiger partial charge >= 0.3 is 0 Å². The molecule has 2 saturated carbocycles. The van der Waals surface area contributed by atoms with Gasteiger partial charge in [-0.3, -0.25) is 4.79 Å². The summed E-state index contributed by atoms with van der Waals surface area (Å²) >= 11 is 0. The van der Waals surface area contributed by atoms with Crippen molar-refractivity contribution in [2.24, 2.45) is 11.3 Å². The molecule has 1 N–H and O–H groups in total. The van der Waals surface area contributed by atoms with E-state index in [2.05, 4.69) is 16.0 Å². The highest BCUT2D eigenvalue weighted by atomic mass is 16.2. The van der Waals surface area contributed by atoms with Gasteiger partial charge in [-0.1, -0.05) is 44.2 Å². The first kappa shape index (κ1) is 15.4. The summed E-state index contributed by atoms with van der Waals surface area (Å²) < 4.78 is 0. The van der Waals surface area contributed by atoms with Crippen molar-refractivity contribution in [2.45, 2.75) is 70.4 Å². The van der Waals surface area contributed by atoms with Gasteiger partial charge in [-0.15, -0.1) is 0 Å². The Balaban J connectivity index is 1.48. The maximum absolute atomic E-state index is 13.6. The summed E-state index contributed by atoms with van der Waals surface area (Å²) in [6.07, 6.45) is 11.0. The van der Waals surface area contributed by atoms with Gasteiger partial charge in [-0.25, -0.2) is 4.98 Å². The van der Waals surface area contributed by atoms with Crippen LogP contribution in [-0.4, -0.2) is 26.8 Å². The Kier molecular flexibility index (Phi) is 3.61. The van der Waals surface area contributed by atoms with Crippen molar-refractivity contribution in [2.75, 3.05) is 0 Å². The first-order chi connectivity index (χ1) is 12.3. The Hall–Kier alpha value is -1.84. The summed E-state index contributed by atoms with van der Waals surface area (Å²) in [4.78, 5) is 23.9. The van der Waals surface area contributed by atoms with Gasteiger partial charge in [0.05, 0.1) is 23.0 Å². The van der Waals surface area contributed by atoms with E-state index in [1.165, 1.54) is 44.9 Å². The minimum Gasteiger partial charge on any atom is -0.340 e. The molecule has 2 unspecified atom stereocenters. The topological polar surface area (TPSA) is 49.0 Å². The fourth-order valence-corrected chi connectivity index (χ4v) is 5.92. The Morgan fingerprint density at radius 2 is 1.88 bits per heavy atom. The Bertz CT molecular complexity index is 756. The van der Waals surface area contributed by atoms with Crippen LogP contribution in [-0.2, 0) is 11.3 Å². The molecule has 2 heterocycles. The molecule has 2 aromatic rings. The zero-order valence-electron chi connectivity index (χ0n) is 14.8. The fraction of sp³-hybridized carbons (Fsp3) is 0.619. The molecule has 1 aromatic carbocycles. The number of nitrogens with one attached hydrogen (secondary N) is 1. The molecule has 5 rings (SSSR count). The van der Waals surface area contributed by atoms with E-state index >= 15 is 0 Å². The average molecular weight is 337 g/mol. The highest BCUT2D eigenvalue weighted by Gasteiger charge is 2.58. The summed E-state index contributed by atoms with van der Waals surface area (Å²) in [7, 11) is 0. The number of imidazole rings is 1. The number of fused-ring (bicyclic) bond motifs is 3. The summed E-state index contributed by atoms with van der Waals surface area (Å²) in [6.45, 7) is 0.649. The van der Waals surface area contributed by atoms with E-state index in [1.807, 2.05) is 18.2 Å². The standard InChI is InChI=1S/C21H27N3O/c25-20-21(12-6-1-7-13-21)15-8-2-5-11-18(15)24(20)14-19-22-16-9-3-4-10-17(16)23-19/h3-4,9-10,15,18H,1-2,5-8,11-14H2,(H,22,23). The molecule has 25 heavy (non-hydrogen) atoms. The van der Waals surface area contributed by atoms with Gasteiger partial charge in [0.1, 0.15) is 5.82 Å². The molecule has 2 aliphatic carbocycles. The van der Waals surface area contributed by atoms with Gasteiger partial charge in [0.25, 0.3) is 0 Å². The molecular formula is C21H27N3O. The van der Waals surface area contributed by atoms with Crippen LogP contribution in [0.2, 0.25) is 0 Å². The molecular weight excluding hydrogens is 310 g/mol. The minimum absolute atomic E-state index is 0.0463. The van der Waals surface area contributed by atoms with Crippen LogP contribution >= 0.6 is 0 Å². The molecule has 132 valence electrons. The highest BCUT2D eigenvalue weighted by Crippen LogP contribution is 2.55. The number of hydrogen-bond donors (Lipinski definition) is 1. The molecule has 1 amide bonds. The summed E-state index contributed by atoms with van der Waals surface area (Å²) in [5.41, 5.74) is 2.02. The third-order valence-electron chi connectivity index (χ3n) is 7.03. The lowest BCUT2D eigenvalue weighted by Crippen LogP contribution is -2.38. The molecule has 1 aliphatic heterocycles. The van der Waals surface area contributed by atoms with Crippen LogP contribution in [0.5, 0.6) is 0 Å². The van der Waals surface area contributed by atoms with E-state index in [1.54, 1.807) is 0 Å². The van der Waals surface area contributed by atoms with Gasteiger partial charge in [-0.2, -0.15) is 0 Å². The van der Waals surface area contributed by atoms with E-state index in [9.17, 15) is 4.79 Å². The smallest absolute Gasteiger partial charge is 0.229 e. The second kappa shape index (κ2) is 5.86. The number of benzene rings is 1. The number of aromatic nitrogens is 2. The van der Waals surface area contributed by atoms with Crippen LogP contribution in [0.25, 0.3) is 11.0 Å². The quantitative estimate of drug-likeness (QED) is 0.882. The zero-order valence-corrected chi connectivity index (χ0v) is 14.8. The SMILES string of the molecule is O=C1N(Cc2nc3ccccc3[nH]2)C2CCCCC2C12CCCCC2. The first-order valence-electron chi connectivity index (χ1n) is 10.0. The van der Waals surface area contributed by atoms with Crippen LogP contribution in [0.3, 0.4) is 0 Å². The second-order valence-electron chi connectivity index (χ2n) is 8.31. The van der Waals surface area contributed by atoms with E-state index in [0.29, 0.717) is 24.4 Å². The third kappa shape index (κ3) is 2.33. The maximum atomic E-state index is 13.6. The van der Waals surface area contributed by atoms with Gasteiger partial charge in [-0.05, 0) is 43.7 Å². The van der Waals surface area contributed by atoms with E-state index in [0.717, 1.165) is 29.7 Å². The lowest BCUT2D eigenvalue weighted by molar-refractivity contribution is -0.139. The largest absolute Gasteiger partial charge is 0.340 e. The normalized spacial score (nSPS) is 28.6. The molecule has 0 bridgehead atoms. The molecule has 1 spiro atoms. The maximum Gasteiger partial charge on any atom is 0.229 e. The number of nitrogens with zero attached hydrogens (tertiary/aromatic N) is 2. The number of amides is 1. The van der Waals surface area contributed by atoms with Crippen molar-refractivity contribution < 1.29 is 4.79 Å². The monoisotopic (exact) mass is 337 g/mol. The minimum atomic E-state index is -0.0463. The second-order valence-corrected chi connectivity index (χ2v) is 8.31. The van der Waals surface area contributed by atoms with Crippen molar-refractivity contribution in [3.05, 3.63) is 30.1 Å². The number of carbonyl (C=O) groups excluding carboxylic acids is 1. The van der Waals surface area contributed by atoms with Crippen molar-refractivity contribution in [1.82, 2.24) is 14.9 Å². The molecule has 2 atom stereocenters. The highest BCUT2D eigenvalue weighted by molar-refractivity contribution is 5.86. The third-order valence-corrected chi connectivity index (χ3v) is 7.03. The number of H-pyrrole nitrogens is 1. The summed E-state index contributed by atoms with van der Waals surface area (Å²) in [5, 5.41) is 0. The van der Waals surface area contributed by atoms with Gasteiger partial charge in [0.2, 0.25) is 5.91 Å². The molecule has 4 nitrogen and oxygen atoms in total. The van der Waals surface area contributed by atoms with Crippen LogP contribution in [0, 0.1) is 11.3 Å². The lowest BCUT2D eigenvalue weighted by Gasteiger charge is -2.39. The Morgan fingerprint density at radius 3 is 2.72 bits per heavy atom. The molecule has 3 aliphatic rings. The summed E-state index contributed by atoms with van der Waals surface area (Å²) in [5.74, 6) is 1.95. The molecule has 1 aromatic heterocycles. The van der Waals surface area contributed by atoms with E-state index in [4.69, 9.17) is 4.98 Å². The van der Waals surface area contributed by atoms with E-state index < -0.39 is 0 Å². The number of rotatable bonds is 2. The van der Waals surface area contributed by atoms with E-state index in [-0.39, 0.29) is 5.41 Å². The molecule has 3 fully saturated rings. The molecule has 0 radical (unpaired) electrons. The average Bonchev–Trinajstić information content (AvgIpc) is 3.16. The molecule has 4 heteroatoms. The van der Waals surface area contributed by atoms with Crippen LogP contribution in [0.1, 0.15) is 63.6 Å². The number of para-hydroxylation sites is 2. The predicted octanol–water partition coefficient (Wildman–Crippen LogP) is 4.41. The lowest BCUT2D eigenvalue weighted by atomic mass is 9.62. The van der Waals surface area contributed by atoms with Crippen LogP contribution < -0.4 is 0 Å². The predicted molar refractivity (Wildman–Crippen MR) is 97.9 cm³/mol. The fourth-order valence-electron chi connectivity index (χ4n) is 5.92. The number of aromatic amines is 1. The molecule has 1 saturated heterocycles. The Morgan fingerprint density at radius 1 is 1.08 bits per heavy atom.